The summed E-state index contributed by atoms with van der Waals surface area (Å²) in [6.07, 6.45) is 2.50. The average Bonchev–Trinajstić information content (AvgIpc) is 2.83. The largest absolute Gasteiger partial charge is 0.478 e. The Bertz CT molecular complexity index is 698. The molecule has 1 aromatic carbocycles. The van der Waals surface area contributed by atoms with Gasteiger partial charge in [-0.25, -0.2) is 4.79 Å². The summed E-state index contributed by atoms with van der Waals surface area (Å²) in [5, 5.41) is 9.17. The minimum atomic E-state index is -1.07. The summed E-state index contributed by atoms with van der Waals surface area (Å²) in [6.45, 7) is 0.595. The van der Waals surface area contributed by atoms with Gasteiger partial charge in [-0.2, -0.15) is 0 Å². The zero-order chi connectivity index (χ0) is 14.1. The number of hydrogen-bond donors (Lipinski definition) is 1. The molecule has 2 aromatic rings. The zero-order valence-corrected chi connectivity index (χ0v) is 11.5. The summed E-state index contributed by atoms with van der Waals surface area (Å²) >= 11 is 1.77. The lowest BCUT2D eigenvalue weighted by Gasteiger charge is -2.11. The number of thioether (sulfide) groups is 1. The fourth-order valence-corrected chi connectivity index (χ4v) is 3.68. The fraction of sp³-hybridized carbons (Fsp3) is 0.200. The van der Waals surface area contributed by atoms with Crippen LogP contribution in [0.3, 0.4) is 0 Å². The Morgan fingerprint density at radius 2 is 2.15 bits per heavy atom. The average molecular weight is 287 g/mol. The van der Waals surface area contributed by atoms with Crippen molar-refractivity contribution in [3.05, 3.63) is 64.1 Å². The van der Waals surface area contributed by atoms with Crippen molar-refractivity contribution in [1.29, 1.82) is 0 Å². The van der Waals surface area contributed by atoms with E-state index in [1.54, 1.807) is 22.5 Å². The minimum Gasteiger partial charge on any atom is -0.478 e. The van der Waals surface area contributed by atoms with E-state index in [4.69, 9.17) is 5.11 Å². The molecule has 1 atom stereocenters. The Morgan fingerprint density at radius 3 is 2.85 bits per heavy atom. The second-order valence-electron chi connectivity index (χ2n) is 4.76. The second-order valence-corrected chi connectivity index (χ2v) is 6.11. The maximum Gasteiger partial charge on any atom is 0.335 e. The van der Waals surface area contributed by atoms with Gasteiger partial charge in [0.15, 0.2) is 0 Å². The first kappa shape index (κ1) is 13.0. The topological polar surface area (TPSA) is 59.3 Å². The quantitative estimate of drug-likeness (QED) is 0.940. The first-order chi connectivity index (χ1) is 9.63. The molecule has 1 aliphatic rings. The lowest BCUT2D eigenvalue weighted by Crippen LogP contribution is -2.25. The van der Waals surface area contributed by atoms with Crippen molar-refractivity contribution >= 4 is 17.7 Å². The lowest BCUT2D eigenvalue weighted by atomic mass is 10.1. The van der Waals surface area contributed by atoms with E-state index in [9.17, 15) is 9.59 Å². The molecule has 3 rings (SSSR count). The maximum atomic E-state index is 11.9. The van der Waals surface area contributed by atoms with Crippen molar-refractivity contribution < 1.29 is 9.90 Å². The summed E-state index contributed by atoms with van der Waals surface area (Å²) in [7, 11) is 0. The Morgan fingerprint density at radius 1 is 1.35 bits per heavy atom. The predicted molar refractivity (Wildman–Crippen MR) is 77.5 cm³/mol. The number of pyridine rings is 1. The van der Waals surface area contributed by atoms with Crippen LogP contribution in [0.1, 0.15) is 15.9 Å². The molecule has 1 aromatic heterocycles. The van der Waals surface area contributed by atoms with E-state index in [-0.39, 0.29) is 11.1 Å². The number of aromatic nitrogens is 1. The Hall–Kier alpha value is -2.01. The van der Waals surface area contributed by atoms with Gasteiger partial charge in [-0.3, -0.25) is 4.79 Å². The number of hydrogen-bond acceptors (Lipinski definition) is 3. The summed E-state index contributed by atoms with van der Waals surface area (Å²) < 4.78 is 1.58. The van der Waals surface area contributed by atoms with Gasteiger partial charge in [0.1, 0.15) is 0 Å². The summed E-state index contributed by atoms with van der Waals surface area (Å²) in [5.41, 5.74) is 1.09. The molecule has 102 valence electrons. The number of benzene rings is 1. The Balaban J connectivity index is 1.77. The second kappa shape index (κ2) is 5.17. The molecular weight excluding hydrogens is 274 g/mol. The van der Waals surface area contributed by atoms with Gasteiger partial charge in [-0.15, -0.1) is 11.8 Å². The molecule has 0 aliphatic carbocycles. The molecule has 5 heteroatoms. The van der Waals surface area contributed by atoms with Crippen molar-refractivity contribution in [3.63, 3.8) is 0 Å². The van der Waals surface area contributed by atoms with Crippen LogP contribution in [-0.2, 0) is 13.0 Å². The third kappa shape index (κ3) is 2.49. The van der Waals surface area contributed by atoms with E-state index in [2.05, 4.69) is 12.1 Å². The molecule has 0 bridgehead atoms. The van der Waals surface area contributed by atoms with Crippen LogP contribution in [0, 0.1) is 0 Å². The molecule has 0 saturated heterocycles. The molecule has 1 unspecified atom stereocenters. The van der Waals surface area contributed by atoms with E-state index in [0.717, 1.165) is 6.42 Å². The maximum absolute atomic E-state index is 11.9. The molecule has 20 heavy (non-hydrogen) atoms. The highest BCUT2D eigenvalue weighted by Crippen LogP contribution is 2.37. The van der Waals surface area contributed by atoms with Crippen LogP contribution in [0.4, 0.5) is 0 Å². The normalized spacial score (nSPS) is 16.9. The molecule has 0 radical (unpaired) electrons. The molecule has 0 saturated carbocycles. The van der Waals surface area contributed by atoms with Crippen LogP contribution < -0.4 is 5.56 Å². The third-order valence-electron chi connectivity index (χ3n) is 3.36. The number of rotatable bonds is 3. The molecule has 0 fully saturated rings. The van der Waals surface area contributed by atoms with Crippen LogP contribution >= 0.6 is 11.8 Å². The Kier molecular flexibility index (Phi) is 3.36. The Labute approximate surface area is 120 Å². The van der Waals surface area contributed by atoms with Gasteiger partial charge in [0.2, 0.25) is 0 Å². The van der Waals surface area contributed by atoms with Gasteiger partial charge < -0.3 is 9.67 Å². The zero-order valence-electron chi connectivity index (χ0n) is 10.7. The molecule has 0 amide bonds. The van der Waals surface area contributed by atoms with Gasteiger partial charge in [0.05, 0.1) is 5.56 Å². The third-order valence-corrected chi connectivity index (χ3v) is 4.66. The van der Waals surface area contributed by atoms with Gasteiger partial charge in [0.25, 0.3) is 5.56 Å². The fourth-order valence-electron chi connectivity index (χ4n) is 2.37. The van der Waals surface area contributed by atoms with E-state index in [0.29, 0.717) is 11.8 Å². The molecule has 1 aliphatic heterocycles. The van der Waals surface area contributed by atoms with Gasteiger partial charge in [0, 0.05) is 29.0 Å². The van der Waals surface area contributed by atoms with Crippen LogP contribution in [0.25, 0.3) is 0 Å². The number of fused-ring (bicyclic) bond motifs is 1. The summed E-state index contributed by atoms with van der Waals surface area (Å²) in [4.78, 5) is 24.0. The van der Waals surface area contributed by atoms with E-state index in [1.165, 1.54) is 22.6 Å². The summed E-state index contributed by atoms with van der Waals surface area (Å²) in [5.74, 6) is -1.07. The molecule has 2 heterocycles. The number of carbonyl (C=O) groups is 1. The highest BCUT2D eigenvalue weighted by Gasteiger charge is 2.22. The number of carboxylic acid groups (broad SMARTS) is 1. The monoisotopic (exact) mass is 287 g/mol. The van der Waals surface area contributed by atoms with Crippen molar-refractivity contribution in [2.24, 2.45) is 0 Å². The van der Waals surface area contributed by atoms with Crippen molar-refractivity contribution in [3.8, 4) is 0 Å². The van der Waals surface area contributed by atoms with Crippen molar-refractivity contribution in [2.45, 2.75) is 23.1 Å². The lowest BCUT2D eigenvalue weighted by molar-refractivity contribution is 0.0696. The predicted octanol–water partition coefficient (Wildman–Crippen LogP) is 2.26. The highest BCUT2D eigenvalue weighted by atomic mass is 32.2. The van der Waals surface area contributed by atoms with Crippen LogP contribution in [0.5, 0.6) is 0 Å². The minimum absolute atomic E-state index is 0.0358. The van der Waals surface area contributed by atoms with Crippen LogP contribution in [0.2, 0.25) is 0 Å². The van der Waals surface area contributed by atoms with E-state index >= 15 is 0 Å². The smallest absolute Gasteiger partial charge is 0.335 e. The first-order valence-corrected chi connectivity index (χ1v) is 7.20. The van der Waals surface area contributed by atoms with Crippen LogP contribution in [-0.4, -0.2) is 20.9 Å². The molecule has 0 spiro atoms. The highest BCUT2D eigenvalue weighted by molar-refractivity contribution is 8.00. The number of nitrogens with zero attached hydrogens (tertiary/aromatic N) is 1. The van der Waals surface area contributed by atoms with Gasteiger partial charge in [-0.05, 0) is 24.1 Å². The van der Waals surface area contributed by atoms with Gasteiger partial charge in [-0.1, -0.05) is 18.2 Å². The first-order valence-electron chi connectivity index (χ1n) is 6.32. The van der Waals surface area contributed by atoms with E-state index < -0.39 is 5.97 Å². The standard InChI is InChI=1S/C15H13NO3S/c17-14-8-11(15(18)19)5-6-16(14)9-12-7-10-3-1-2-4-13(10)20-12/h1-6,8,12H,7,9H2,(H,18,19). The summed E-state index contributed by atoms with van der Waals surface area (Å²) in [6, 6.07) is 10.9. The molecular formula is C15H13NO3S. The van der Waals surface area contributed by atoms with E-state index in [1.807, 2.05) is 12.1 Å². The van der Waals surface area contributed by atoms with Gasteiger partial charge >= 0.3 is 5.97 Å². The molecule has 1 N–H and O–H groups in total. The van der Waals surface area contributed by atoms with Crippen molar-refractivity contribution in [1.82, 2.24) is 4.57 Å². The van der Waals surface area contributed by atoms with Crippen LogP contribution in [0.15, 0.2) is 52.3 Å². The number of carboxylic acids is 1. The number of aromatic carboxylic acids is 1. The SMILES string of the molecule is O=C(O)c1ccn(CC2Cc3ccccc3S2)c(=O)c1. The molecule has 4 nitrogen and oxygen atoms in total. The van der Waals surface area contributed by atoms with Crippen molar-refractivity contribution in [2.75, 3.05) is 0 Å².